The number of ether oxygens (including phenoxy) is 1. The van der Waals surface area contributed by atoms with E-state index in [1.165, 1.54) is 7.11 Å². The van der Waals surface area contributed by atoms with Gasteiger partial charge in [-0.15, -0.1) is 5.10 Å². The van der Waals surface area contributed by atoms with E-state index < -0.39 is 0 Å². The molecule has 2 heterocycles. The Kier molecular flexibility index (Phi) is 3.46. The van der Waals surface area contributed by atoms with E-state index in [-0.39, 0.29) is 12.0 Å². The highest BCUT2D eigenvalue weighted by Crippen LogP contribution is 2.16. The fraction of sp³-hybridized carbons (Fsp3) is 0.700. The monoisotopic (exact) mass is 239 g/mol. The first kappa shape index (κ1) is 11.7. The Bertz CT molecular complexity index is 384. The fourth-order valence-corrected chi connectivity index (χ4v) is 1.79. The molecule has 17 heavy (non-hydrogen) atoms. The van der Waals surface area contributed by atoms with Crippen molar-refractivity contribution in [1.29, 1.82) is 0 Å². The van der Waals surface area contributed by atoms with Crippen molar-refractivity contribution in [3.63, 3.8) is 0 Å². The number of piperidine rings is 1. The largest absolute Gasteiger partial charge is 0.466 e. The van der Waals surface area contributed by atoms with E-state index in [0.717, 1.165) is 25.9 Å². The van der Waals surface area contributed by atoms with Crippen LogP contribution < -0.4 is 10.1 Å². The molecule has 0 atom stereocenters. The third kappa shape index (κ3) is 2.86. The lowest BCUT2D eigenvalue weighted by Crippen LogP contribution is -2.40. The number of hydrogen-bond donors (Lipinski definition) is 2. The molecule has 1 aromatic rings. The van der Waals surface area contributed by atoms with Gasteiger partial charge in [0, 0.05) is 13.1 Å². The molecule has 0 spiro atoms. The second-order valence-corrected chi connectivity index (χ2v) is 4.27. The number of anilines is 1. The second-order valence-electron chi connectivity index (χ2n) is 4.27. The third-order valence-corrected chi connectivity index (χ3v) is 2.94. The van der Waals surface area contributed by atoms with E-state index >= 15 is 0 Å². The minimum absolute atomic E-state index is 0.143. The molecule has 94 valence electrons. The quantitative estimate of drug-likeness (QED) is 0.808. The number of aromatic amines is 1. The van der Waals surface area contributed by atoms with Crippen molar-refractivity contribution in [2.75, 3.05) is 25.5 Å². The predicted octanol–water partition coefficient (Wildman–Crippen LogP) is 1.08. The van der Waals surface area contributed by atoms with Gasteiger partial charge in [0.25, 0.3) is 0 Å². The summed E-state index contributed by atoms with van der Waals surface area (Å²) in [7, 11) is 1.47. The molecular formula is C10H17N5O2. The molecular weight excluding hydrogens is 222 g/mol. The zero-order chi connectivity index (χ0) is 12.3. The number of carbonyl (C=O) groups is 1. The minimum Gasteiger partial charge on any atom is -0.466 e. The van der Waals surface area contributed by atoms with Crippen LogP contribution in [-0.4, -0.2) is 46.3 Å². The molecule has 2 amide bonds. The summed E-state index contributed by atoms with van der Waals surface area (Å²) in [6.07, 6.45) is 2.10. The van der Waals surface area contributed by atoms with Crippen LogP contribution in [0, 0.1) is 5.92 Å². The maximum absolute atomic E-state index is 11.9. The first-order chi connectivity index (χ1) is 8.19. The number of carbonyl (C=O) groups excluding carboxylic acids is 1. The number of aromatic nitrogens is 3. The Balaban J connectivity index is 1.88. The van der Waals surface area contributed by atoms with Crippen LogP contribution in [0.5, 0.6) is 6.01 Å². The van der Waals surface area contributed by atoms with Crippen LogP contribution in [0.25, 0.3) is 0 Å². The zero-order valence-electron chi connectivity index (χ0n) is 10.1. The Morgan fingerprint density at radius 3 is 2.82 bits per heavy atom. The summed E-state index contributed by atoms with van der Waals surface area (Å²) in [6.45, 7) is 3.78. The molecule has 7 heteroatoms. The van der Waals surface area contributed by atoms with Crippen LogP contribution in [0.1, 0.15) is 19.8 Å². The average molecular weight is 239 g/mol. The SMILES string of the molecule is COc1n[nH]c(NC(=O)N2CCC(C)CC2)n1. The third-order valence-electron chi connectivity index (χ3n) is 2.94. The van der Waals surface area contributed by atoms with Gasteiger partial charge in [0.05, 0.1) is 7.11 Å². The molecule has 1 aliphatic heterocycles. The highest BCUT2D eigenvalue weighted by Gasteiger charge is 2.21. The van der Waals surface area contributed by atoms with E-state index in [0.29, 0.717) is 11.9 Å². The molecule has 2 N–H and O–H groups in total. The molecule has 7 nitrogen and oxygen atoms in total. The van der Waals surface area contributed by atoms with Crippen LogP contribution in [0.2, 0.25) is 0 Å². The number of likely N-dealkylation sites (tertiary alicyclic amines) is 1. The van der Waals surface area contributed by atoms with E-state index in [1.54, 1.807) is 4.90 Å². The van der Waals surface area contributed by atoms with Crippen molar-refractivity contribution in [2.45, 2.75) is 19.8 Å². The Morgan fingerprint density at radius 2 is 2.24 bits per heavy atom. The number of methoxy groups -OCH3 is 1. The first-order valence-corrected chi connectivity index (χ1v) is 5.71. The number of nitrogens with zero attached hydrogens (tertiary/aromatic N) is 3. The minimum atomic E-state index is -0.143. The lowest BCUT2D eigenvalue weighted by molar-refractivity contribution is 0.186. The van der Waals surface area contributed by atoms with Crippen LogP contribution in [0.4, 0.5) is 10.7 Å². The average Bonchev–Trinajstić information content (AvgIpc) is 2.77. The molecule has 0 bridgehead atoms. The molecule has 1 aromatic heterocycles. The molecule has 1 saturated heterocycles. The number of H-pyrrole nitrogens is 1. The van der Waals surface area contributed by atoms with E-state index in [4.69, 9.17) is 4.74 Å². The van der Waals surface area contributed by atoms with Crippen molar-refractivity contribution < 1.29 is 9.53 Å². The zero-order valence-corrected chi connectivity index (χ0v) is 10.1. The van der Waals surface area contributed by atoms with Crippen molar-refractivity contribution >= 4 is 12.0 Å². The van der Waals surface area contributed by atoms with Crippen LogP contribution >= 0.6 is 0 Å². The first-order valence-electron chi connectivity index (χ1n) is 5.71. The van der Waals surface area contributed by atoms with Crippen molar-refractivity contribution in [3.05, 3.63) is 0 Å². The van der Waals surface area contributed by atoms with E-state index in [9.17, 15) is 4.79 Å². The smallest absolute Gasteiger partial charge is 0.336 e. The van der Waals surface area contributed by atoms with Gasteiger partial charge in [0.1, 0.15) is 0 Å². The molecule has 0 radical (unpaired) electrons. The molecule has 0 unspecified atom stereocenters. The van der Waals surface area contributed by atoms with Crippen molar-refractivity contribution in [3.8, 4) is 6.01 Å². The molecule has 1 aliphatic rings. The number of rotatable bonds is 2. The van der Waals surface area contributed by atoms with Gasteiger partial charge < -0.3 is 9.64 Å². The maximum Gasteiger partial charge on any atom is 0.336 e. The molecule has 0 aromatic carbocycles. The summed E-state index contributed by atoms with van der Waals surface area (Å²) in [5, 5.41) is 9.00. The van der Waals surface area contributed by atoms with Gasteiger partial charge >= 0.3 is 12.0 Å². The van der Waals surface area contributed by atoms with Crippen LogP contribution in [-0.2, 0) is 0 Å². The number of amides is 2. The van der Waals surface area contributed by atoms with E-state index in [2.05, 4.69) is 27.4 Å². The molecule has 2 rings (SSSR count). The van der Waals surface area contributed by atoms with Crippen LogP contribution in [0.15, 0.2) is 0 Å². The van der Waals surface area contributed by atoms with Crippen LogP contribution in [0.3, 0.4) is 0 Å². The van der Waals surface area contributed by atoms with Gasteiger partial charge in [-0.25, -0.2) is 9.89 Å². The molecule has 0 saturated carbocycles. The maximum atomic E-state index is 11.9. The van der Waals surface area contributed by atoms with Gasteiger partial charge in [-0.05, 0) is 18.8 Å². The lowest BCUT2D eigenvalue weighted by Gasteiger charge is -2.29. The second kappa shape index (κ2) is 5.03. The summed E-state index contributed by atoms with van der Waals surface area (Å²) >= 11 is 0. The highest BCUT2D eigenvalue weighted by atomic mass is 16.5. The van der Waals surface area contributed by atoms with Gasteiger partial charge in [0.2, 0.25) is 5.95 Å². The van der Waals surface area contributed by atoms with Crippen molar-refractivity contribution in [1.82, 2.24) is 20.1 Å². The number of urea groups is 1. The van der Waals surface area contributed by atoms with E-state index in [1.807, 2.05) is 0 Å². The standard InChI is InChI=1S/C10H17N5O2/c1-7-3-5-15(6-4-7)10(16)12-8-11-9(17-2)14-13-8/h7H,3-6H2,1-2H3,(H2,11,12,13,14,16). The van der Waals surface area contributed by atoms with Crippen molar-refractivity contribution in [2.24, 2.45) is 5.92 Å². The number of nitrogens with one attached hydrogen (secondary N) is 2. The lowest BCUT2D eigenvalue weighted by atomic mass is 10.00. The summed E-state index contributed by atoms with van der Waals surface area (Å²) in [4.78, 5) is 17.6. The molecule has 1 fully saturated rings. The fourth-order valence-electron chi connectivity index (χ4n) is 1.79. The van der Waals surface area contributed by atoms with Gasteiger partial charge in [-0.3, -0.25) is 5.32 Å². The summed E-state index contributed by atoms with van der Waals surface area (Å²) < 4.78 is 4.82. The summed E-state index contributed by atoms with van der Waals surface area (Å²) in [5.41, 5.74) is 0. The van der Waals surface area contributed by atoms with Gasteiger partial charge in [-0.2, -0.15) is 4.98 Å². The molecule has 0 aliphatic carbocycles. The summed E-state index contributed by atoms with van der Waals surface area (Å²) in [5.74, 6) is 1.01. The van der Waals surface area contributed by atoms with Gasteiger partial charge in [-0.1, -0.05) is 6.92 Å². The predicted molar refractivity (Wildman–Crippen MR) is 61.9 cm³/mol. The highest BCUT2D eigenvalue weighted by molar-refractivity contribution is 5.87. The Morgan fingerprint density at radius 1 is 1.53 bits per heavy atom. The topological polar surface area (TPSA) is 83.1 Å². The van der Waals surface area contributed by atoms with Gasteiger partial charge in [0.15, 0.2) is 0 Å². The Labute approximate surface area is 99.5 Å². The summed E-state index contributed by atoms with van der Waals surface area (Å²) in [6, 6.07) is 0.0725. The number of hydrogen-bond acceptors (Lipinski definition) is 4. The Hall–Kier alpha value is -1.79. The normalized spacial score (nSPS) is 16.9.